The first-order chi connectivity index (χ1) is 14.3. The van der Waals surface area contributed by atoms with E-state index in [2.05, 4.69) is 9.97 Å². The van der Waals surface area contributed by atoms with Gasteiger partial charge >= 0.3 is 0 Å². The average Bonchev–Trinajstić information content (AvgIpc) is 2.73. The second-order valence-corrected chi connectivity index (χ2v) is 8.20. The summed E-state index contributed by atoms with van der Waals surface area (Å²) in [5.41, 5.74) is 2.58. The first-order valence-corrected chi connectivity index (χ1v) is 10.0. The van der Waals surface area contributed by atoms with Crippen molar-refractivity contribution < 1.29 is 14.3 Å². The van der Waals surface area contributed by atoms with Crippen molar-refractivity contribution in [3.05, 3.63) is 54.4 Å². The smallest absolute Gasteiger partial charge is 0.230 e. The van der Waals surface area contributed by atoms with Crippen molar-refractivity contribution in [1.82, 2.24) is 9.97 Å². The Labute approximate surface area is 177 Å². The van der Waals surface area contributed by atoms with Gasteiger partial charge in [0.25, 0.3) is 0 Å². The maximum atomic E-state index is 12.3. The molecule has 30 heavy (non-hydrogen) atoms. The molecule has 1 heterocycles. The predicted octanol–water partition coefficient (Wildman–Crippen LogP) is 4.80. The number of anilines is 1. The molecule has 6 heteroatoms. The van der Waals surface area contributed by atoms with Crippen molar-refractivity contribution in [2.24, 2.45) is 0 Å². The van der Waals surface area contributed by atoms with Crippen molar-refractivity contribution in [1.29, 1.82) is 0 Å². The predicted molar refractivity (Wildman–Crippen MR) is 119 cm³/mol. The number of benzene rings is 2. The van der Waals surface area contributed by atoms with E-state index in [0.29, 0.717) is 30.9 Å². The van der Waals surface area contributed by atoms with E-state index in [9.17, 15) is 4.79 Å². The van der Waals surface area contributed by atoms with E-state index in [-0.39, 0.29) is 11.4 Å². The standard InChI is InChI=1S/C24H29N3O3/c1-24(2,29-5)13-12-19(28)14-17-6-9-20(10-7-17)30-23-21-11-8-18(27(3)4)15-22(21)25-16-26-23/h6-11,15-16H,12-14H2,1-5H3. The zero-order chi connectivity index (χ0) is 21.7. The molecule has 0 saturated carbocycles. The second kappa shape index (κ2) is 9.22. The van der Waals surface area contributed by atoms with Crippen LogP contribution in [0.2, 0.25) is 0 Å². The molecule has 0 aliphatic rings. The van der Waals surface area contributed by atoms with E-state index >= 15 is 0 Å². The quantitative estimate of drug-likeness (QED) is 0.507. The van der Waals surface area contributed by atoms with Crippen LogP contribution in [0.3, 0.4) is 0 Å². The van der Waals surface area contributed by atoms with Gasteiger partial charge in [-0.05, 0) is 56.2 Å². The molecule has 0 aliphatic heterocycles. The van der Waals surface area contributed by atoms with Gasteiger partial charge in [0.2, 0.25) is 5.88 Å². The highest BCUT2D eigenvalue weighted by molar-refractivity contribution is 5.86. The van der Waals surface area contributed by atoms with E-state index in [1.54, 1.807) is 7.11 Å². The number of hydrogen-bond acceptors (Lipinski definition) is 6. The van der Waals surface area contributed by atoms with Crippen molar-refractivity contribution in [2.75, 3.05) is 26.1 Å². The minimum absolute atomic E-state index is 0.201. The molecule has 0 atom stereocenters. The van der Waals surface area contributed by atoms with Crippen LogP contribution in [-0.2, 0) is 16.0 Å². The van der Waals surface area contributed by atoms with Gasteiger partial charge in [0.15, 0.2) is 0 Å². The number of ketones is 1. The van der Waals surface area contributed by atoms with Gasteiger partial charge in [-0.3, -0.25) is 4.79 Å². The normalized spacial score (nSPS) is 11.5. The van der Waals surface area contributed by atoms with Crippen LogP contribution in [0.4, 0.5) is 5.69 Å². The molecule has 6 nitrogen and oxygen atoms in total. The SMILES string of the molecule is COC(C)(C)CCC(=O)Cc1ccc(Oc2ncnc3cc(N(C)C)ccc23)cc1. The molecule has 0 fully saturated rings. The Morgan fingerprint density at radius 1 is 1.07 bits per heavy atom. The fourth-order valence-electron chi connectivity index (χ4n) is 3.03. The van der Waals surface area contributed by atoms with Crippen molar-refractivity contribution in [3.63, 3.8) is 0 Å². The summed E-state index contributed by atoms with van der Waals surface area (Å²) in [6, 6.07) is 13.5. The number of nitrogens with zero attached hydrogens (tertiary/aromatic N) is 3. The molecule has 0 radical (unpaired) electrons. The summed E-state index contributed by atoms with van der Waals surface area (Å²) < 4.78 is 11.4. The lowest BCUT2D eigenvalue weighted by molar-refractivity contribution is -0.119. The number of carbonyl (C=O) groups excluding carboxylic acids is 1. The molecule has 2 aromatic carbocycles. The highest BCUT2D eigenvalue weighted by Gasteiger charge is 2.18. The third-order valence-electron chi connectivity index (χ3n) is 5.20. The molecule has 0 unspecified atom stereocenters. The zero-order valence-electron chi connectivity index (χ0n) is 18.3. The Morgan fingerprint density at radius 3 is 2.47 bits per heavy atom. The van der Waals surface area contributed by atoms with Crippen LogP contribution in [-0.4, -0.2) is 42.6 Å². The summed E-state index contributed by atoms with van der Waals surface area (Å²) in [6.07, 6.45) is 3.12. The number of fused-ring (bicyclic) bond motifs is 1. The fraction of sp³-hybridized carbons (Fsp3) is 0.375. The number of aromatic nitrogens is 2. The van der Waals surface area contributed by atoms with Crippen LogP contribution in [0.25, 0.3) is 10.9 Å². The van der Waals surface area contributed by atoms with Gasteiger partial charge < -0.3 is 14.4 Å². The van der Waals surface area contributed by atoms with Crippen LogP contribution in [0, 0.1) is 0 Å². The highest BCUT2D eigenvalue weighted by atomic mass is 16.5. The van der Waals surface area contributed by atoms with Gasteiger partial charge in [0.05, 0.1) is 16.5 Å². The molecular formula is C24H29N3O3. The lowest BCUT2D eigenvalue weighted by Crippen LogP contribution is -2.23. The third-order valence-corrected chi connectivity index (χ3v) is 5.20. The number of ether oxygens (including phenoxy) is 2. The summed E-state index contributed by atoms with van der Waals surface area (Å²) in [5.74, 6) is 1.38. The summed E-state index contributed by atoms with van der Waals surface area (Å²) >= 11 is 0. The van der Waals surface area contributed by atoms with Crippen molar-refractivity contribution >= 4 is 22.4 Å². The van der Waals surface area contributed by atoms with E-state index in [1.807, 2.05) is 75.3 Å². The van der Waals surface area contributed by atoms with Crippen molar-refractivity contribution in [2.45, 2.75) is 38.7 Å². The Kier molecular flexibility index (Phi) is 6.67. The number of carbonyl (C=O) groups is 1. The molecule has 0 saturated heterocycles. The fourth-order valence-corrected chi connectivity index (χ4v) is 3.03. The first-order valence-electron chi connectivity index (χ1n) is 10.0. The molecular weight excluding hydrogens is 378 g/mol. The Hall–Kier alpha value is -2.99. The van der Waals surface area contributed by atoms with E-state index < -0.39 is 0 Å². The Morgan fingerprint density at radius 2 is 1.80 bits per heavy atom. The van der Waals surface area contributed by atoms with Crippen LogP contribution >= 0.6 is 0 Å². The minimum Gasteiger partial charge on any atom is -0.438 e. The summed E-state index contributed by atoms with van der Waals surface area (Å²) in [6.45, 7) is 3.98. The maximum Gasteiger partial charge on any atom is 0.230 e. The molecule has 0 bridgehead atoms. The number of rotatable bonds is 9. The molecule has 3 aromatic rings. The van der Waals surface area contributed by atoms with Crippen LogP contribution < -0.4 is 9.64 Å². The number of Topliss-reactive ketones (excluding diaryl/α,β-unsaturated/α-hetero) is 1. The van der Waals surface area contributed by atoms with Crippen LogP contribution in [0.15, 0.2) is 48.8 Å². The van der Waals surface area contributed by atoms with Gasteiger partial charge in [-0.25, -0.2) is 9.97 Å². The van der Waals surface area contributed by atoms with Gasteiger partial charge in [-0.15, -0.1) is 0 Å². The van der Waals surface area contributed by atoms with Gasteiger partial charge in [-0.2, -0.15) is 0 Å². The maximum absolute atomic E-state index is 12.3. The monoisotopic (exact) mass is 407 g/mol. The lowest BCUT2D eigenvalue weighted by Gasteiger charge is -2.22. The van der Waals surface area contributed by atoms with E-state index in [4.69, 9.17) is 9.47 Å². The zero-order valence-corrected chi connectivity index (χ0v) is 18.3. The first kappa shape index (κ1) is 21.7. The Bertz CT molecular complexity index is 1010. The summed E-state index contributed by atoms with van der Waals surface area (Å²) in [7, 11) is 5.65. The molecule has 0 amide bonds. The van der Waals surface area contributed by atoms with Gasteiger partial charge in [-0.1, -0.05) is 12.1 Å². The molecule has 0 N–H and O–H groups in total. The third kappa shape index (κ3) is 5.54. The van der Waals surface area contributed by atoms with Crippen LogP contribution in [0.1, 0.15) is 32.3 Å². The van der Waals surface area contributed by atoms with Crippen molar-refractivity contribution in [3.8, 4) is 11.6 Å². The molecule has 1 aromatic heterocycles. The summed E-state index contributed by atoms with van der Waals surface area (Å²) in [4.78, 5) is 22.9. The van der Waals surface area contributed by atoms with E-state index in [1.165, 1.54) is 6.33 Å². The molecule has 0 aliphatic carbocycles. The second-order valence-electron chi connectivity index (χ2n) is 8.20. The minimum atomic E-state index is -0.277. The Balaban J connectivity index is 1.67. The van der Waals surface area contributed by atoms with Crippen LogP contribution in [0.5, 0.6) is 11.6 Å². The topological polar surface area (TPSA) is 64.5 Å². The summed E-state index contributed by atoms with van der Waals surface area (Å²) in [5, 5.41) is 0.850. The molecule has 0 spiro atoms. The van der Waals surface area contributed by atoms with Gasteiger partial charge in [0, 0.05) is 39.7 Å². The number of methoxy groups -OCH3 is 1. The number of hydrogen-bond donors (Lipinski definition) is 0. The largest absolute Gasteiger partial charge is 0.438 e. The molecule has 158 valence electrons. The van der Waals surface area contributed by atoms with Gasteiger partial charge in [0.1, 0.15) is 17.9 Å². The lowest BCUT2D eigenvalue weighted by atomic mass is 9.98. The average molecular weight is 408 g/mol. The van der Waals surface area contributed by atoms with E-state index in [0.717, 1.165) is 22.2 Å². The molecule has 3 rings (SSSR count). The highest BCUT2D eigenvalue weighted by Crippen LogP contribution is 2.29.